The van der Waals surface area contributed by atoms with E-state index in [1.165, 1.54) is 11.1 Å². The summed E-state index contributed by atoms with van der Waals surface area (Å²) in [7, 11) is 0. The third kappa shape index (κ3) is 7.86. The van der Waals surface area contributed by atoms with Crippen molar-refractivity contribution in [3.8, 4) is 0 Å². The Kier molecular flexibility index (Phi) is 11.1. The fraction of sp³-hybridized carbons (Fsp3) is 0.500. The van der Waals surface area contributed by atoms with E-state index < -0.39 is 0 Å². The Labute approximate surface area is 87.9 Å². The number of rotatable bonds is 0. The maximum Gasteiger partial charge on any atom is 0.0411 e. The molecule has 0 aliphatic heterocycles. The van der Waals surface area contributed by atoms with Gasteiger partial charge in [-0.05, 0) is 37.1 Å². The molecule has 0 nitrogen and oxygen atoms in total. The average Bonchev–Trinajstić information content (AvgIpc) is 2.09. The van der Waals surface area contributed by atoms with Gasteiger partial charge in [-0.1, -0.05) is 45.4 Å². The van der Waals surface area contributed by atoms with Gasteiger partial charge in [-0.2, -0.15) is 0 Å². The number of hydrogen-bond donors (Lipinski definition) is 0. The SMILES string of the molecule is CC.CC.Cc1cc(C)cc(Cl)c1. The first-order chi connectivity index (χ1) is 6.18. The Morgan fingerprint density at radius 1 is 0.769 bits per heavy atom. The molecule has 0 N–H and O–H groups in total. The molecule has 76 valence electrons. The lowest BCUT2D eigenvalue weighted by molar-refractivity contribution is 1.39. The van der Waals surface area contributed by atoms with Crippen LogP contribution in [0.3, 0.4) is 0 Å². The lowest BCUT2D eigenvalue weighted by atomic mass is 10.2. The molecule has 0 bridgehead atoms. The van der Waals surface area contributed by atoms with Crippen LogP contribution in [0.2, 0.25) is 5.02 Å². The van der Waals surface area contributed by atoms with Crippen molar-refractivity contribution >= 4 is 11.6 Å². The van der Waals surface area contributed by atoms with E-state index in [4.69, 9.17) is 11.6 Å². The minimum Gasteiger partial charge on any atom is -0.0843 e. The van der Waals surface area contributed by atoms with Crippen molar-refractivity contribution in [2.75, 3.05) is 0 Å². The van der Waals surface area contributed by atoms with Crippen molar-refractivity contribution in [2.24, 2.45) is 0 Å². The van der Waals surface area contributed by atoms with E-state index in [1.807, 2.05) is 53.7 Å². The topological polar surface area (TPSA) is 0 Å². The molecule has 0 radical (unpaired) electrons. The van der Waals surface area contributed by atoms with Gasteiger partial charge >= 0.3 is 0 Å². The van der Waals surface area contributed by atoms with Gasteiger partial charge in [0.2, 0.25) is 0 Å². The van der Waals surface area contributed by atoms with Crippen LogP contribution in [-0.2, 0) is 0 Å². The second-order valence-corrected chi connectivity index (χ2v) is 2.74. The van der Waals surface area contributed by atoms with Crippen LogP contribution in [0.4, 0.5) is 0 Å². The summed E-state index contributed by atoms with van der Waals surface area (Å²) in [5.74, 6) is 0. The number of halogens is 1. The molecule has 0 saturated heterocycles. The quantitative estimate of drug-likeness (QED) is 0.553. The van der Waals surface area contributed by atoms with Gasteiger partial charge in [0.1, 0.15) is 0 Å². The smallest absolute Gasteiger partial charge is 0.0411 e. The lowest BCUT2D eigenvalue weighted by Crippen LogP contribution is -1.74. The summed E-state index contributed by atoms with van der Waals surface area (Å²) in [6, 6.07) is 6.01. The zero-order chi connectivity index (χ0) is 10.9. The molecule has 0 amide bonds. The lowest BCUT2D eigenvalue weighted by Gasteiger charge is -1.95. The van der Waals surface area contributed by atoms with Crippen molar-refractivity contribution in [3.05, 3.63) is 34.3 Å². The molecular weight excluding hydrogens is 180 g/mol. The predicted molar refractivity (Wildman–Crippen MR) is 63.6 cm³/mol. The molecule has 0 unspecified atom stereocenters. The van der Waals surface area contributed by atoms with E-state index in [9.17, 15) is 0 Å². The number of aryl methyl sites for hydroxylation is 2. The predicted octanol–water partition coefficient (Wildman–Crippen LogP) is 5.01. The van der Waals surface area contributed by atoms with Crippen molar-refractivity contribution in [1.29, 1.82) is 0 Å². The van der Waals surface area contributed by atoms with Crippen LogP contribution in [0.25, 0.3) is 0 Å². The minimum absolute atomic E-state index is 0.826. The van der Waals surface area contributed by atoms with Crippen molar-refractivity contribution in [1.82, 2.24) is 0 Å². The molecular formula is C12H21Cl. The Morgan fingerprint density at radius 2 is 1.08 bits per heavy atom. The third-order valence-corrected chi connectivity index (χ3v) is 1.40. The first-order valence-electron chi connectivity index (χ1n) is 4.92. The molecule has 0 atom stereocenters. The molecule has 0 saturated carbocycles. The Bertz CT molecular complexity index is 166. The molecule has 0 aromatic heterocycles. The van der Waals surface area contributed by atoms with Gasteiger partial charge < -0.3 is 0 Å². The molecule has 1 aromatic carbocycles. The fourth-order valence-corrected chi connectivity index (χ4v) is 1.26. The summed E-state index contributed by atoms with van der Waals surface area (Å²) in [5.41, 5.74) is 2.44. The molecule has 0 fully saturated rings. The zero-order valence-electron chi connectivity index (χ0n) is 9.61. The van der Waals surface area contributed by atoms with Gasteiger partial charge in [0, 0.05) is 5.02 Å². The van der Waals surface area contributed by atoms with Crippen LogP contribution in [-0.4, -0.2) is 0 Å². The van der Waals surface area contributed by atoms with E-state index in [0.29, 0.717) is 0 Å². The van der Waals surface area contributed by atoms with Gasteiger partial charge in [0.05, 0.1) is 0 Å². The molecule has 1 rings (SSSR count). The zero-order valence-corrected chi connectivity index (χ0v) is 10.4. The van der Waals surface area contributed by atoms with Crippen molar-refractivity contribution in [3.63, 3.8) is 0 Å². The van der Waals surface area contributed by atoms with Gasteiger partial charge in [-0.15, -0.1) is 0 Å². The standard InChI is InChI=1S/C8H9Cl.2C2H6/c1-6-3-7(2)5-8(9)4-6;2*1-2/h3-5H,1-2H3;2*1-2H3. The summed E-state index contributed by atoms with van der Waals surface area (Å²) in [5, 5.41) is 0.826. The molecule has 0 spiro atoms. The number of hydrogen-bond acceptors (Lipinski definition) is 0. The van der Waals surface area contributed by atoms with E-state index in [-0.39, 0.29) is 0 Å². The van der Waals surface area contributed by atoms with E-state index in [0.717, 1.165) is 5.02 Å². The Morgan fingerprint density at radius 3 is 1.31 bits per heavy atom. The Balaban J connectivity index is 0. The average molecular weight is 201 g/mol. The van der Waals surface area contributed by atoms with Crippen LogP contribution >= 0.6 is 11.6 Å². The third-order valence-electron chi connectivity index (χ3n) is 1.19. The van der Waals surface area contributed by atoms with Gasteiger partial charge in [-0.3, -0.25) is 0 Å². The maximum absolute atomic E-state index is 5.75. The second-order valence-electron chi connectivity index (χ2n) is 2.31. The molecule has 0 heterocycles. The van der Waals surface area contributed by atoms with E-state index >= 15 is 0 Å². The second kappa shape index (κ2) is 9.60. The largest absolute Gasteiger partial charge is 0.0843 e. The van der Waals surface area contributed by atoms with Gasteiger partial charge in [0.15, 0.2) is 0 Å². The summed E-state index contributed by atoms with van der Waals surface area (Å²) in [4.78, 5) is 0. The van der Waals surface area contributed by atoms with Crippen LogP contribution in [0, 0.1) is 13.8 Å². The van der Waals surface area contributed by atoms with Gasteiger partial charge in [-0.25, -0.2) is 0 Å². The normalized spacial score (nSPS) is 7.62. The fourth-order valence-electron chi connectivity index (χ4n) is 0.919. The summed E-state index contributed by atoms with van der Waals surface area (Å²) < 4.78 is 0. The summed E-state index contributed by atoms with van der Waals surface area (Å²) in [6.07, 6.45) is 0. The molecule has 0 aliphatic carbocycles. The number of benzene rings is 1. The first-order valence-corrected chi connectivity index (χ1v) is 5.30. The van der Waals surface area contributed by atoms with Crippen LogP contribution < -0.4 is 0 Å². The molecule has 1 aromatic rings. The van der Waals surface area contributed by atoms with Crippen molar-refractivity contribution in [2.45, 2.75) is 41.5 Å². The van der Waals surface area contributed by atoms with E-state index in [1.54, 1.807) is 0 Å². The first kappa shape index (κ1) is 15.0. The van der Waals surface area contributed by atoms with Crippen LogP contribution in [0.5, 0.6) is 0 Å². The highest BCUT2D eigenvalue weighted by molar-refractivity contribution is 6.30. The summed E-state index contributed by atoms with van der Waals surface area (Å²) in [6.45, 7) is 12.1. The highest BCUT2D eigenvalue weighted by Crippen LogP contribution is 2.12. The summed E-state index contributed by atoms with van der Waals surface area (Å²) >= 11 is 5.75. The van der Waals surface area contributed by atoms with Gasteiger partial charge in [0.25, 0.3) is 0 Å². The Hall–Kier alpha value is -0.490. The maximum atomic E-state index is 5.75. The van der Waals surface area contributed by atoms with Crippen LogP contribution in [0.15, 0.2) is 18.2 Å². The highest BCUT2D eigenvalue weighted by atomic mass is 35.5. The molecule has 13 heavy (non-hydrogen) atoms. The minimum atomic E-state index is 0.826. The van der Waals surface area contributed by atoms with E-state index in [2.05, 4.69) is 6.07 Å². The monoisotopic (exact) mass is 200 g/mol. The molecule has 1 heteroatoms. The van der Waals surface area contributed by atoms with Crippen molar-refractivity contribution < 1.29 is 0 Å². The molecule has 0 aliphatic rings. The van der Waals surface area contributed by atoms with Crippen LogP contribution in [0.1, 0.15) is 38.8 Å². The highest BCUT2D eigenvalue weighted by Gasteiger charge is 1.89.